The van der Waals surface area contributed by atoms with Crippen LogP contribution in [0.2, 0.25) is 0 Å². The second kappa shape index (κ2) is 11.0. The molecule has 3 aromatic heterocycles. The zero-order valence-electron chi connectivity index (χ0n) is 23.5. The minimum absolute atomic E-state index is 0.154. The third kappa shape index (κ3) is 4.98. The van der Waals surface area contributed by atoms with Gasteiger partial charge >= 0.3 is 0 Å². The number of halogens is 1. The Morgan fingerprint density at radius 2 is 1.90 bits per heavy atom. The van der Waals surface area contributed by atoms with Gasteiger partial charge in [-0.05, 0) is 90.0 Å². The number of fused-ring (bicyclic) bond motifs is 4. The second-order valence-corrected chi connectivity index (χ2v) is 12.3. The second-order valence-electron chi connectivity index (χ2n) is 11.1. The third-order valence-corrected chi connectivity index (χ3v) is 8.90. The van der Waals surface area contributed by atoms with E-state index in [1.54, 1.807) is 6.20 Å². The van der Waals surface area contributed by atoms with Crippen LogP contribution in [-0.2, 0) is 6.54 Å². The quantitative estimate of drug-likeness (QED) is 0.177. The fourth-order valence-electron chi connectivity index (χ4n) is 5.94. The molecule has 212 valence electrons. The van der Waals surface area contributed by atoms with Gasteiger partial charge in [-0.15, -0.1) is 5.10 Å². The molecule has 0 unspecified atom stereocenters. The van der Waals surface area contributed by atoms with E-state index in [0.717, 1.165) is 69.4 Å². The number of rotatable bonds is 6. The molecule has 1 atom stereocenters. The van der Waals surface area contributed by atoms with Gasteiger partial charge in [-0.3, -0.25) is 9.69 Å². The lowest BCUT2D eigenvalue weighted by atomic mass is 10.0. The Morgan fingerprint density at radius 1 is 1.07 bits per heavy atom. The maximum absolute atomic E-state index is 13.2. The number of aromatic amines is 1. The molecule has 9 nitrogen and oxygen atoms in total. The standard InChI is InChI=1S/C32H31IN8O/c1-39(2)22-11-9-20(10-12-22)18-40-15-5-6-21(19-40)35-31-24-14-13-23(41-28-8-4-3-7-27(28)37-38-41)16-25(24)29-30(36-31)26(33)17-34-32(29)42/h3-4,7-14,16-17,21H,5-6,15,18-19H2,1-2H3,(H,34,42)(H,35,36)/t21-/m0/s1. The summed E-state index contributed by atoms with van der Waals surface area (Å²) >= 11 is 2.25. The Hall–Kier alpha value is -4.03. The molecule has 42 heavy (non-hydrogen) atoms. The van der Waals surface area contributed by atoms with Crippen molar-refractivity contribution in [3.8, 4) is 5.69 Å². The molecule has 2 N–H and O–H groups in total. The minimum Gasteiger partial charge on any atom is -0.378 e. The molecule has 7 rings (SSSR count). The Kier molecular flexibility index (Phi) is 7.02. The van der Waals surface area contributed by atoms with Gasteiger partial charge in [0.15, 0.2) is 0 Å². The lowest BCUT2D eigenvalue weighted by Gasteiger charge is -2.33. The SMILES string of the molecule is CN(C)c1ccc(CN2CCC[C@H](Nc3nc4c(I)c[nH]c(=O)c4c4cc(-n5nnc6ccccc65)ccc34)C2)cc1. The lowest BCUT2D eigenvalue weighted by molar-refractivity contribution is 0.208. The highest BCUT2D eigenvalue weighted by Gasteiger charge is 2.23. The molecular weight excluding hydrogens is 639 g/mol. The first-order valence-corrected chi connectivity index (χ1v) is 15.2. The highest BCUT2D eigenvalue weighted by atomic mass is 127. The van der Waals surface area contributed by atoms with Crippen LogP contribution >= 0.6 is 22.6 Å². The van der Waals surface area contributed by atoms with Gasteiger partial charge in [-0.2, -0.15) is 0 Å². The van der Waals surface area contributed by atoms with E-state index >= 15 is 0 Å². The molecule has 3 aromatic carbocycles. The van der Waals surface area contributed by atoms with Gasteiger partial charge in [-0.1, -0.05) is 29.5 Å². The molecule has 4 heterocycles. The largest absolute Gasteiger partial charge is 0.378 e. The van der Waals surface area contributed by atoms with Gasteiger partial charge in [0, 0.05) is 55.9 Å². The van der Waals surface area contributed by atoms with E-state index in [4.69, 9.17) is 4.98 Å². The number of nitrogens with one attached hydrogen (secondary N) is 2. The maximum atomic E-state index is 13.2. The average molecular weight is 671 g/mol. The average Bonchev–Trinajstić information content (AvgIpc) is 3.43. The van der Waals surface area contributed by atoms with Crippen LogP contribution in [0, 0.1) is 3.57 Å². The number of hydrogen-bond donors (Lipinski definition) is 2. The van der Waals surface area contributed by atoms with Crippen LogP contribution in [-0.4, -0.2) is 63.1 Å². The number of benzene rings is 3. The summed E-state index contributed by atoms with van der Waals surface area (Å²) in [5, 5.41) is 14.8. The summed E-state index contributed by atoms with van der Waals surface area (Å²) in [4.78, 5) is 25.7. The molecule has 6 aromatic rings. The van der Waals surface area contributed by atoms with Crippen LogP contribution in [0.15, 0.2) is 77.7 Å². The molecule has 0 amide bonds. The van der Waals surface area contributed by atoms with Gasteiger partial charge in [0.05, 0.1) is 25.7 Å². The van der Waals surface area contributed by atoms with Crippen molar-refractivity contribution >= 4 is 66.8 Å². The van der Waals surface area contributed by atoms with Crippen molar-refractivity contribution in [1.29, 1.82) is 0 Å². The Balaban J connectivity index is 1.24. The fraction of sp³-hybridized carbons (Fsp3) is 0.250. The Bertz CT molecular complexity index is 1980. The summed E-state index contributed by atoms with van der Waals surface area (Å²) in [6.45, 7) is 2.91. The van der Waals surface area contributed by atoms with E-state index in [0.29, 0.717) is 10.9 Å². The molecule has 1 aliphatic rings. The molecule has 1 fully saturated rings. The molecule has 0 saturated carbocycles. The number of para-hydroxylation sites is 1. The molecule has 0 aliphatic carbocycles. The van der Waals surface area contributed by atoms with Crippen molar-refractivity contribution in [2.24, 2.45) is 0 Å². The van der Waals surface area contributed by atoms with Gasteiger partial charge in [0.2, 0.25) is 0 Å². The van der Waals surface area contributed by atoms with E-state index in [1.807, 2.05) is 47.1 Å². The van der Waals surface area contributed by atoms with Crippen LogP contribution in [0.5, 0.6) is 0 Å². The third-order valence-electron chi connectivity index (χ3n) is 8.07. The summed E-state index contributed by atoms with van der Waals surface area (Å²) in [5.41, 5.74) is 5.65. The van der Waals surface area contributed by atoms with Crippen molar-refractivity contribution in [2.75, 3.05) is 37.4 Å². The van der Waals surface area contributed by atoms with Crippen LogP contribution < -0.4 is 15.8 Å². The summed E-state index contributed by atoms with van der Waals surface area (Å²) in [7, 11) is 4.13. The zero-order valence-corrected chi connectivity index (χ0v) is 25.7. The number of piperidine rings is 1. The zero-order chi connectivity index (χ0) is 28.8. The van der Waals surface area contributed by atoms with Gasteiger partial charge in [-0.25, -0.2) is 9.67 Å². The maximum Gasteiger partial charge on any atom is 0.258 e. The monoisotopic (exact) mass is 670 g/mol. The van der Waals surface area contributed by atoms with Gasteiger partial charge in [0.25, 0.3) is 5.56 Å². The van der Waals surface area contributed by atoms with Gasteiger partial charge < -0.3 is 15.2 Å². The first kappa shape index (κ1) is 26.8. The first-order chi connectivity index (χ1) is 20.4. The van der Waals surface area contributed by atoms with E-state index in [1.165, 1.54) is 11.3 Å². The van der Waals surface area contributed by atoms with E-state index in [-0.39, 0.29) is 11.6 Å². The summed E-state index contributed by atoms with van der Waals surface area (Å²) < 4.78 is 2.72. The van der Waals surface area contributed by atoms with Gasteiger partial charge in [0.1, 0.15) is 11.3 Å². The topological polar surface area (TPSA) is 95.0 Å². The smallest absolute Gasteiger partial charge is 0.258 e. The lowest BCUT2D eigenvalue weighted by Crippen LogP contribution is -2.41. The summed E-state index contributed by atoms with van der Waals surface area (Å²) in [6, 6.07) is 23.0. The fourth-order valence-corrected chi connectivity index (χ4v) is 6.49. The van der Waals surface area contributed by atoms with E-state index in [9.17, 15) is 4.79 Å². The van der Waals surface area contributed by atoms with Crippen molar-refractivity contribution in [3.63, 3.8) is 0 Å². The molecule has 10 heteroatoms. The minimum atomic E-state index is -0.154. The van der Waals surface area contributed by atoms with Crippen molar-refractivity contribution in [1.82, 2.24) is 29.9 Å². The first-order valence-electron chi connectivity index (χ1n) is 14.2. The van der Waals surface area contributed by atoms with Crippen LogP contribution in [0.1, 0.15) is 18.4 Å². The molecule has 0 spiro atoms. The molecule has 1 aliphatic heterocycles. The molecular formula is C32H31IN8O. The predicted octanol–water partition coefficient (Wildman–Crippen LogP) is 5.56. The van der Waals surface area contributed by atoms with Crippen LogP contribution in [0.4, 0.5) is 11.5 Å². The number of nitrogens with zero attached hydrogens (tertiary/aromatic N) is 6. The normalized spacial score (nSPS) is 15.9. The number of H-pyrrole nitrogens is 1. The highest BCUT2D eigenvalue weighted by Crippen LogP contribution is 2.32. The number of pyridine rings is 2. The van der Waals surface area contributed by atoms with Crippen molar-refractivity contribution in [3.05, 3.63) is 92.4 Å². The Labute approximate surface area is 256 Å². The van der Waals surface area contributed by atoms with Crippen LogP contribution in [0.3, 0.4) is 0 Å². The number of likely N-dealkylation sites (tertiary alicyclic amines) is 1. The molecule has 1 saturated heterocycles. The van der Waals surface area contributed by atoms with E-state index in [2.05, 4.69) is 91.4 Å². The van der Waals surface area contributed by atoms with E-state index < -0.39 is 0 Å². The number of hydrogen-bond acceptors (Lipinski definition) is 7. The predicted molar refractivity (Wildman–Crippen MR) is 178 cm³/mol. The number of aromatic nitrogens is 5. The molecule has 0 bridgehead atoms. The summed E-state index contributed by atoms with van der Waals surface area (Å²) in [6.07, 6.45) is 3.90. The number of anilines is 2. The van der Waals surface area contributed by atoms with Crippen molar-refractivity contribution < 1.29 is 0 Å². The Morgan fingerprint density at radius 3 is 2.74 bits per heavy atom. The van der Waals surface area contributed by atoms with Crippen LogP contribution in [0.25, 0.3) is 38.4 Å². The van der Waals surface area contributed by atoms with Crippen molar-refractivity contribution in [2.45, 2.75) is 25.4 Å². The highest BCUT2D eigenvalue weighted by molar-refractivity contribution is 14.1. The molecule has 0 radical (unpaired) electrons. The summed E-state index contributed by atoms with van der Waals surface area (Å²) in [5.74, 6) is 0.804.